The van der Waals surface area contributed by atoms with Gasteiger partial charge in [0.15, 0.2) is 0 Å². The molecule has 1 aromatic carbocycles. The SMILES string of the molecule is CC(C)c1ccccc1NC(=O)C(C)N1CCN(S(=O)(=O)N(C)C)CC1. The maximum absolute atomic E-state index is 12.7. The maximum Gasteiger partial charge on any atom is 0.281 e. The molecule has 1 aliphatic rings. The summed E-state index contributed by atoms with van der Waals surface area (Å²) in [5, 5.41) is 3.03. The van der Waals surface area contributed by atoms with Gasteiger partial charge in [0.2, 0.25) is 5.91 Å². The van der Waals surface area contributed by atoms with Crippen LogP contribution in [0.3, 0.4) is 0 Å². The van der Waals surface area contributed by atoms with Gasteiger partial charge in [-0.15, -0.1) is 0 Å². The van der Waals surface area contributed by atoms with Gasteiger partial charge in [0.1, 0.15) is 0 Å². The van der Waals surface area contributed by atoms with Crippen LogP contribution in [0.4, 0.5) is 5.69 Å². The first kappa shape index (κ1) is 20.8. The van der Waals surface area contributed by atoms with E-state index >= 15 is 0 Å². The van der Waals surface area contributed by atoms with E-state index in [-0.39, 0.29) is 11.9 Å². The third-order valence-electron chi connectivity index (χ3n) is 4.83. The lowest BCUT2D eigenvalue weighted by Gasteiger charge is -2.37. The number of nitrogens with one attached hydrogen (secondary N) is 1. The van der Waals surface area contributed by atoms with Crippen molar-refractivity contribution in [2.75, 3.05) is 45.6 Å². The molecule has 1 saturated heterocycles. The third-order valence-corrected chi connectivity index (χ3v) is 6.77. The summed E-state index contributed by atoms with van der Waals surface area (Å²) in [5.74, 6) is 0.253. The molecule has 1 amide bonds. The van der Waals surface area contributed by atoms with Crippen molar-refractivity contribution in [3.8, 4) is 0 Å². The van der Waals surface area contributed by atoms with Crippen LogP contribution in [-0.2, 0) is 15.0 Å². The Morgan fingerprint density at radius 2 is 1.65 bits per heavy atom. The Labute approximate surface area is 157 Å². The largest absolute Gasteiger partial charge is 0.324 e. The lowest BCUT2D eigenvalue weighted by Crippen LogP contribution is -2.55. The van der Waals surface area contributed by atoms with Gasteiger partial charge in [0.05, 0.1) is 6.04 Å². The molecule has 0 spiro atoms. The zero-order valence-corrected chi connectivity index (χ0v) is 17.1. The Morgan fingerprint density at radius 1 is 1.08 bits per heavy atom. The van der Waals surface area contributed by atoms with Crippen molar-refractivity contribution in [2.45, 2.75) is 32.7 Å². The molecule has 0 aliphatic carbocycles. The summed E-state index contributed by atoms with van der Waals surface area (Å²) in [5.41, 5.74) is 1.95. The van der Waals surface area contributed by atoms with Crippen LogP contribution in [0.5, 0.6) is 0 Å². The average Bonchev–Trinajstić information content (AvgIpc) is 2.61. The molecule has 1 aromatic rings. The van der Waals surface area contributed by atoms with Crippen LogP contribution in [0.25, 0.3) is 0 Å². The summed E-state index contributed by atoms with van der Waals surface area (Å²) in [6.07, 6.45) is 0. The Morgan fingerprint density at radius 3 is 2.19 bits per heavy atom. The van der Waals surface area contributed by atoms with Crippen molar-refractivity contribution < 1.29 is 13.2 Å². The first-order valence-electron chi connectivity index (χ1n) is 8.96. The number of hydrogen-bond acceptors (Lipinski definition) is 4. The Kier molecular flexibility index (Phi) is 6.79. The summed E-state index contributed by atoms with van der Waals surface area (Å²) in [4.78, 5) is 14.7. The summed E-state index contributed by atoms with van der Waals surface area (Å²) in [7, 11) is -0.330. The highest BCUT2D eigenvalue weighted by Crippen LogP contribution is 2.24. The molecule has 0 saturated carbocycles. The van der Waals surface area contributed by atoms with E-state index in [2.05, 4.69) is 19.2 Å². The summed E-state index contributed by atoms with van der Waals surface area (Å²) < 4.78 is 27.1. The fraction of sp³-hybridized carbons (Fsp3) is 0.611. The number of piperazine rings is 1. The van der Waals surface area contributed by atoms with Gasteiger partial charge in [-0.25, -0.2) is 0 Å². The van der Waals surface area contributed by atoms with Crippen molar-refractivity contribution in [3.05, 3.63) is 29.8 Å². The fourth-order valence-electron chi connectivity index (χ4n) is 3.07. The fourth-order valence-corrected chi connectivity index (χ4v) is 4.16. The predicted octanol–water partition coefficient (Wildman–Crippen LogP) is 1.56. The van der Waals surface area contributed by atoms with Crippen LogP contribution in [-0.4, -0.2) is 74.2 Å². The Bertz CT molecular complexity index is 726. The van der Waals surface area contributed by atoms with Crippen LogP contribution in [0.1, 0.15) is 32.3 Å². The van der Waals surface area contributed by atoms with Crippen molar-refractivity contribution in [2.24, 2.45) is 0 Å². The Balaban J connectivity index is 1.98. The minimum atomic E-state index is -3.39. The predicted molar refractivity (Wildman–Crippen MR) is 104 cm³/mol. The minimum Gasteiger partial charge on any atom is -0.324 e. The lowest BCUT2D eigenvalue weighted by atomic mass is 10.0. The summed E-state index contributed by atoms with van der Waals surface area (Å²) in [6, 6.07) is 7.51. The molecule has 1 atom stereocenters. The van der Waals surface area contributed by atoms with Gasteiger partial charge < -0.3 is 5.32 Å². The zero-order chi connectivity index (χ0) is 19.5. The van der Waals surface area contributed by atoms with Gasteiger partial charge in [0, 0.05) is 46.0 Å². The molecule has 1 N–H and O–H groups in total. The second-order valence-corrected chi connectivity index (χ2v) is 9.27. The summed E-state index contributed by atoms with van der Waals surface area (Å²) >= 11 is 0. The molecule has 1 aliphatic heterocycles. The lowest BCUT2D eigenvalue weighted by molar-refractivity contribution is -0.121. The highest BCUT2D eigenvalue weighted by Gasteiger charge is 2.32. The van der Waals surface area contributed by atoms with E-state index in [1.54, 1.807) is 0 Å². The van der Waals surface area contributed by atoms with Gasteiger partial charge in [0.25, 0.3) is 10.2 Å². The van der Waals surface area contributed by atoms with E-state index in [9.17, 15) is 13.2 Å². The van der Waals surface area contributed by atoms with Crippen molar-refractivity contribution in [1.82, 2.24) is 13.5 Å². The maximum atomic E-state index is 12.7. The van der Waals surface area contributed by atoms with E-state index in [1.807, 2.05) is 36.1 Å². The molecule has 1 fully saturated rings. The van der Waals surface area contributed by atoms with Crippen LogP contribution in [0, 0.1) is 0 Å². The molecular weight excluding hydrogens is 352 g/mol. The molecule has 146 valence electrons. The number of nitrogens with zero attached hydrogens (tertiary/aromatic N) is 3. The molecule has 0 radical (unpaired) electrons. The number of para-hydroxylation sites is 1. The molecule has 8 heteroatoms. The monoisotopic (exact) mass is 382 g/mol. The topological polar surface area (TPSA) is 73.0 Å². The Hall–Kier alpha value is -1.48. The normalized spacial score (nSPS) is 18.3. The number of carbonyl (C=O) groups excluding carboxylic acids is 1. The van der Waals surface area contributed by atoms with Crippen LogP contribution >= 0.6 is 0 Å². The quantitative estimate of drug-likeness (QED) is 0.810. The molecule has 2 rings (SSSR count). The number of rotatable bonds is 6. The van der Waals surface area contributed by atoms with Crippen molar-refractivity contribution in [1.29, 1.82) is 0 Å². The van der Waals surface area contributed by atoms with Crippen LogP contribution in [0.2, 0.25) is 0 Å². The number of anilines is 1. The molecule has 1 heterocycles. The van der Waals surface area contributed by atoms with Gasteiger partial charge in [-0.3, -0.25) is 9.69 Å². The van der Waals surface area contributed by atoms with E-state index in [4.69, 9.17) is 0 Å². The number of benzene rings is 1. The number of hydrogen-bond donors (Lipinski definition) is 1. The smallest absolute Gasteiger partial charge is 0.281 e. The average molecular weight is 383 g/mol. The first-order chi connectivity index (χ1) is 12.1. The molecule has 0 bridgehead atoms. The number of amides is 1. The molecule has 1 unspecified atom stereocenters. The second kappa shape index (κ2) is 8.47. The first-order valence-corrected chi connectivity index (χ1v) is 10.4. The highest BCUT2D eigenvalue weighted by atomic mass is 32.2. The third kappa shape index (κ3) is 4.62. The molecular formula is C18H30N4O3S. The summed E-state index contributed by atoms with van der Waals surface area (Å²) in [6.45, 7) is 7.91. The van der Waals surface area contributed by atoms with E-state index in [0.717, 1.165) is 11.3 Å². The minimum absolute atomic E-state index is 0.0676. The molecule has 7 nitrogen and oxygen atoms in total. The number of carbonyl (C=O) groups is 1. The van der Waals surface area contributed by atoms with Gasteiger partial charge in [-0.05, 0) is 24.5 Å². The van der Waals surface area contributed by atoms with Gasteiger partial charge in [-0.1, -0.05) is 32.0 Å². The van der Waals surface area contributed by atoms with Gasteiger partial charge in [-0.2, -0.15) is 17.0 Å². The van der Waals surface area contributed by atoms with Crippen molar-refractivity contribution >= 4 is 21.8 Å². The molecule has 0 aromatic heterocycles. The van der Waals surface area contributed by atoms with Crippen molar-refractivity contribution in [3.63, 3.8) is 0 Å². The second-order valence-electron chi connectivity index (χ2n) is 7.13. The highest BCUT2D eigenvalue weighted by molar-refractivity contribution is 7.86. The zero-order valence-electron chi connectivity index (χ0n) is 16.3. The van der Waals surface area contributed by atoms with E-state index in [0.29, 0.717) is 32.1 Å². The standard InChI is InChI=1S/C18H30N4O3S/c1-14(2)16-8-6-7-9-17(16)19-18(23)15(3)21-10-12-22(13-11-21)26(24,25)20(4)5/h6-9,14-15H,10-13H2,1-5H3,(H,19,23). The van der Waals surface area contributed by atoms with Gasteiger partial charge >= 0.3 is 0 Å². The van der Waals surface area contributed by atoms with Crippen LogP contribution < -0.4 is 5.32 Å². The van der Waals surface area contributed by atoms with E-state index in [1.165, 1.54) is 22.7 Å². The molecule has 26 heavy (non-hydrogen) atoms. The van der Waals surface area contributed by atoms with Crippen LogP contribution in [0.15, 0.2) is 24.3 Å². The van der Waals surface area contributed by atoms with E-state index < -0.39 is 10.2 Å².